The monoisotopic (exact) mass is 222 g/mol. The SMILES string of the molecule is CCNc1cc(C(C)(C)C)nc(N(C)C)n1. The van der Waals surface area contributed by atoms with Gasteiger partial charge in [0.2, 0.25) is 5.95 Å². The van der Waals surface area contributed by atoms with Gasteiger partial charge in [0.15, 0.2) is 0 Å². The van der Waals surface area contributed by atoms with Gasteiger partial charge in [0.1, 0.15) is 5.82 Å². The first kappa shape index (κ1) is 12.7. The van der Waals surface area contributed by atoms with Crippen molar-refractivity contribution in [1.82, 2.24) is 9.97 Å². The predicted molar refractivity (Wildman–Crippen MR) is 69.2 cm³/mol. The molecule has 1 aromatic rings. The zero-order valence-corrected chi connectivity index (χ0v) is 11.1. The molecule has 0 aliphatic heterocycles. The van der Waals surface area contributed by atoms with E-state index in [0.29, 0.717) is 0 Å². The van der Waals surface area contributed by atoms with E-state index >= 15 is 0 Å². The maximum absolute atomic E-state index is 4.56. The highest BCUT2D eigenvalue weighted by molar-refractivity contribution is 5.44. The van der Waals surface area contributed by atoms with E-state index in [1.165, 1.54) is 0 Å². The number of anilines is 2. The van der Waals surface area contributed by atoms with Crippen molar-refractivity contribution in [2.45, 2.75) is 33.1 Å². The van der Waals surface area contributed by atoms with Crippen LogP contribution in [0.4, 0.5) is 11.8 Å². The average molecular weight is 222 g/mol. The molecule has 0 fully saturated rings. The fourth-order valence-electron chi connectivity index (χ4n) is 1.29. The van der Waals surface area contributed by atoms with Gasteiger partial charge < -0.3 is 10.2 Å². The van der Waals surface area contributed by atoms with E-state index in [1.807, 2.05) is 25.1 Å². The minimum atomic E-state index is 0.0396. The third-order valence-corrected chi connectivity index (χ3v) is 2.24. The number of hydrogen-bond acceptors (Lipinski definition) is 4. The van der Waals surface area contributed by atoms with Gasteiger partial charge in [-0.3, -0.25) is 0 Å². The van der Waals surface area contributed by atoms with Crippen LogP contribution in [0.15, 0.2) is 6.07 Å². The largest absolute Gasteiger partial charge is 0.370 e. The van der Waals surface area contributed by atoms with Crippen molar-refractivity contribution in [2.24, 2.45) is 0 Å². The summed E-state index contributed by atoms with van der Waals surface area (Å²) in [7, 11) is 3.91. The normalized spacial score (nSPS) is 11.4. The molecule has 1 aromatic heterocycles. The van der Waals surface area contributed by atoms with E-state index in [4.69, 9.17) is 0 Å². The molecule has 1 N–H and O–H groups in total. The molecule has 0 radical (unpaired) electrons. The van der Waals surface area contributed by atoms with Crippen LogP contribution in [0.3, 0.4) is 0 Å². The maximum atomic E-state index is 4.56. The van der Waals surface area contributed by atoms with Crippen LogP contribution in [-0.2, 0) is 5.41 Å². The smallest absolute Gasteiger partial charge is 0.227 e. The second-order valence-corrected chi connectivity index (χ2v) is 5.11. The average Bonchev–Trinajstić information content (AvgIpc) is 2.16. The third kappa shape index (κ3) is 3.08. The number of nitrogens with one attached hydrogen (secondary N) is 1. The van der Waals surface area contributed by atoms with Gasteiger partial charge in [0.05, 0.1) is 5.69 Å². The van der Waals surface area contributed by atoms with Crippen LogP contribution in [0.25, 0.3) is 0 Å². The summed E-state index contributed by atoms with van der Waals surface area (Å²) >= 11 is 0. The molecular weight excluding hydrogens is 200 g/mol. The van der Waals surface area contributed by atoms with Gasteiger partial charge >= 0.3 is 0 Å². The van der Waals surface area contributed by atoms with E-state index < -0.39 is 0 Å². The van der Waals surface area contributed by atoms with Gasteiger partial charge in [0.25, 0.3) is 0 Å². The lowest BCUT2D eigenvalue weighted by Crippen LogP contribution is -2.20. The van der Waals surface area contributed by atoms with Gasteiger partial charge in [-0.25, -0.2) is 4.98 Å². The van der Waals surface area contributed by atoms with Crippen molar-refractivity contribution >= 4 is 11.8 Å². The Balaban J connectivity index is 3.19. The van der Waals surface area contributed by atoms with Crippen LogP contribution in [0.1, 0.15) is 33.4 Å². The van der Waals surface area contributed by atoms with E-state index in [2.05, 4.69) is 43.0 Å². The quantitative estimate of drug-likeness (QED) is 0.852. The minimum Gasteiger partial charge on any atom is -0.370 e. The first-order chi connectivity index (χ1) is 7.34. The second kappa shape index (κ2) is 4.68. The first-order valence-electron chi connectivity index (χ1n) is 5.65. The maximum Gasteiger partial charge on any atom is 0.227 e. The summed E-state index contributed by atoms with van der Waals surface area (Å²) in [5, 5.41) is 3.24. The highest BCUT2D eigenvalue weighted by Gasteiger charge is 2.18. The fourth-order valence-corrected chi connectivity index (χ4v) is 1.29. The van der Waals surface area contributed by atoms with Crippen molar-refractivity contribution in [1.29, 1.82) is 0 Å². The third-order valence-electron chi connectivity index (χ3n) is 2.24. The number of hydrogen-bond donors (Lipinski definition) is 1. The molecule has 1 rings (SSSR count). The molecule has 4 heteroatoms. The molecule has 0 spiro atoms. The molecule has 0 aliphatic rings. The summed E-state index contributed by atoms with van der Waals surface area (Å²) in [6.07, 6.45) is 0. The Bertz CT molecular complexity index is 353. The Labute approximate surface area is 98.1 Å². The van der Waals surface area contributed by atoms with E-state index in [9.17, 15) is 0 Å². The molecule has 0 aliphatic carbocycles. The molecule has 0 aromatic carbocycles. The van der Waals surface area contributed by atoms with Gasteiger partial charge in [-0.05, 0) is 6.92 Å². The molecule has 0 amide bonds. The van der Waals surface area contributed by atoms with Crippen LogP contribution in [0, 0.1) is 0 Å². The molecule has 1 heterocycles. The summed E-state index contributed by atoms with van der Waals surface area (Å²) in [5.41, 5.74) is 1.10. The van der Waals surface area contributed by atoms with Crippen LogP contribution in [-0.4, -0.2) is 30.6 Å². The van der Waals surface area contributed by atoms with Gasteiger partial charge in [-0.15, -0.1) is 0 Å². The summed E-state index contributed by atoms with van der Waals surface area (Å²) in [4.78, 5) is 10.9. The van der Waals surface area contributed by atoms with Gasteiger partial charge in [-0.1, -0.05) is 20.8 Å². The molecule has 0 bridgehead atoms. The highest BCUT2D eigenvalue weighted by Crippen LogP contribution is 2.24. The van der Waals surface area contributed by atoms with Crippen LogP contribution >= 0.6 is 0 Å². The van der Waals surface area contributed by atoms with Crippen LogP contribution in [0.2, 0.25) is 0 Å². The molecular formula is C12H22N4. The first-order valence-corrected chi connectivity index (χ1v) is 5.65. The van der Waals surface area contributed by atoms with Gasteiger partial charge in [0, 0.05) is 32.1 Å². The Morgan fingerprint density at radius 2 is 1.88 bits per heavy atom. The summed E-state index contributed by atoms with van der Waals surface area (Å²) in [6, 6.07) is 2.02. The Hall–Kier alpha value is -1.32. The van der Waals surface area contributed by atoms with E-state index in [-0.39, 0.29) is 5.41 Å². The fraction of sp³-hybridized carbons (Fsp3) is 0.667. The van der Waals surface area contributed by atoms with Gasteiger partial charge in [-0.2, -0.15) is 4.98 Å². The Morgan fingerprint density at radius 1 is 1.25 bits per heavy atom. The van der Waals surface area contributed by atoms with E-state index in [0.717, 1.165) is 24.0 Å². The van der Waals surface area contributed by atoms with E-state index in [1.54, 1.807) is 0 Å². The molecule has 4 nitrogen and oxygen atoms in total. The second-order valence-electron chi connectivity index (χ2n) is 5.11. The lowest BCUT2D eigenvalue weighted by atomic mass is 9.92. The van der Waals surface area contributed by atoms with Crippen LogP contribution in [0.5, 0.6) is 0 Å². The minimum absolute atomic E-state index is 0.0396. The molecule has 0 unspecified atom stereocenters. The predicted octanol–water partition coefficient (Wildman–Crippen LogP) is 2.27. The summed E-state index contributed by atoms with van der Waals surface area (Å²) in [5.74, 6) is 1.65. The lowest BCUT2D eigenvalue weighted by molar-refractivity contribution is 0.567. The lowest BCUT2D eigenvalue weighted by Gasteiger charge is -2.21. The molecule has 0 saturated heterocycles. The van der Waals surface area contributed by atoms with Crippen molar-refractivity contribution in [3.8, 4) is 0 Å². The van der Waals surface area contributed by atoms with Crippen molar-refractivity contribution in [3.05, 3.63) is 11.8 Å². The standard InChI is InChI=1S/C12H22N4/c1-7-13-10-8-9(12(2,3)4)14-11(15-10)16(5)6/h8H,7H2,1-6H3,(H,13,14,15). The highest BCUT2D eigenvalue weighted by atomic mass is 15.2. The Kier molecular flexibility index (Phi) is 3.73. The zero-order chi connectivity index (χ0) is 12.3. The topological polar surface area (TPSA) is 41.1 Å². The number of aromatic nitrogens is 2. The van der Waals surface area contributed by atoms with Crippen molar-refractivity contribution < 1.29 is 0 Å². The molecule has 90 valence electrons. The zero-order valence-electron chi connectivity index (χ0n) is 11.1. The number of nitrogens with zero attached hydrogens (tertiary/aromatic N) is 3. The summed E-state index contributed by atoms with van der Waals surface area (Å²) < 4.78 is 0. The molecule has 16 heavy (non-hydrogen) atoms. The van der Waals surface area contributed by atoms with Crippen LogP contribution < -0.4 is 10.2 Å². The van der Waals surface area contributed by atoms with Crippen molar-refractivity contribution in [3.63, 3.8) is 0 Å². The number of rotatable bonds is 3. The van der Waals surface area contributed by atoms with Crippen molar-refractivity contribution in [2.75, 3.05) is 30.9 Å². The molecule has 0 saturated carbocycles. The molecule has 0 atom stereocenters. The Morgan fingerprint density at radius 3 is 2.31 bits per heavy atom. The summed E-state index contributed by atoms with van der Waals surface area (Å²) in [6.45, 7) is 9.40.